The molecule has 0 saturated carbocycles. The number of nitrogens with zero attached hydrogens (tertiary/aromatic N) is 2. The zero-order chi connectivity index (χ0) is 20.9. The number of fused-ring (bicyclic) bond motifs is 1. The second-order valence-electron chi connectivity index (χ2n) is 9.29. The lowest BCUT2D eigenvalue weighted by atomic mass is 9.60. The van der Waals surface area contributed by atoms with Crippen LogP contribution in [0.5, 0.6) is 0 Å². The number of hydrogen-bond acceptors (Lipinski definition) is 4. The molecule has 1 amide bonds. The maximum atomic E-state index is 13.6. The van der Waals surface area contributed by atoms with E-state index in [0.29, 0.717) is 38.4 Å². The molecule has 3 aliphatic rings. The minimum atomic E-state index is -3.73. The molecule has 3 fully saturated rings. The van der Waals surface area contributed by atoms with Crippen LogP contribution < -0.4 is 5.32 Å². The number of benzene rings is 1. The summed E-state index contributed by atoms with van der Waals surface area (Å²) in [4.78, 5) is 15.3. The third-order valence-corrected chi connectivity index (χ3v) is 8.94. The Bertz CT molecular complexity index is 896. The Morgan fingerprint density at radius 1 is 1.17 bits per heavy atom. The van der Waals surface area contributed by atoms with Gasteiger partial charge in [-0.1, -0.05) is 19.9 Å². The predicted molar refractivity (Wildman–Crippen MR) is 108 cm³/mol. The van der Waals surface area contributed by atoms with Gasteiger partial charge in [0, 0.05) is 44.7 Å². The van der Waals surface area contributed by atoms with Crippen molar-refractivity contribution in [2.45, 2.75) is 38.0 Å². The maximum Gasteiger partial charge on any atom is 0.243 e. The van der Waals surface area contributed by atoms with Crippen LogP contribution in [0.3, 0.4) is 0 Å². The van der Waals surface area contributed by atoms with E-state index in [2.05, 4.69) is 24.1 Å². The molecule has 8 heteroatoms. The largest absolute Gasteiger partial charge is 0.356 e. The van der Waals surface area contributed by atoms with Gasteiger partial charge >= 0.3 is 0 Å². The molecule has 6 nitrogen and oxygen atoms in total. The molecule has 3 heterocycles. The van der Waals surface area contributed by atoms with Gasteiger partial charge in [0.15, 0.2) is 0 Å². The minimum absolute atomic E-state index is 0.00497. The predicted octanol–water partition coefficient (Wildman–Crippen LogP) is 2.07. The number of sulfonamides is 1. The molecule has 0 bridgehead atoms. The number of amides is 1. The number of halogens is 1. The first-order valence-corrected chi connectivity index (χ1v) is 11.9. The monoisotopic (exact) mass is 423 g/mol. The molecule has 29 heavy (non-hydrogen) atoms. The van der Waals surface area contributed by atoms with Gasteiger partial charge in [0.1, 0.15) is 5.82 Å². The van der Waals surface area contributed by atoms with Crippen molar-refractivity contribution in [1.29, 1.82) is 0 Å². The quantitative estimate of drug-likeness (QED) is 0.805. The third-order valence-electron chi connectivity index (χ3n) is 7.04. The lowest BCUT2D eigenvalue weighted by Gasteiger charge is -2.46. The third kappa shape index (κ3) is 3.39. The minimum Gasteiger partial charge on any atom is -0.356 e. The fraction of sp³-hybridized carbons (Fsp3) is 0.667. The number of hydrogen-bond donors (Lipinski definition) is 1. The second-order valence-corrected chi connectivity index (χ2v) is 11.2. The Hall–Kier alpha value is -1.51. The first-order valence-electron chi connectivity index (χ1n) is 10.4. The number of likely N-dealkylation sites (tertiary alicyclic amines) is 1. The van der Waals surface area contributed by atoms with Crippen LogP contribution in [0.1, 0.15) is 33.1 Å². The zero-order valence-electron chi connectivity index (χ0n) is 17.2. The summed E-state index contributed by atoms with van der Waals surface area (Å²) in [6.07, 6.45) is 2.13. The van der Waals surface area contributed by atoms with E-state index in [1.807, 2.05) is 0 Å². The van der Waals surface area contributed by atoms with E-state index in [0.717, 1.165) is 32.1 Å². The molecule has 0 aromatic heterocycles. The molecule has 3 aliphatic heterocycles. The van der Waals surface area contributed by atoms with Crippen molar-refractivity contribution >= 4 is 15.9 Å². The van der Waals surface area contributed by atoms with Crippen LogP contribution in [-0.2, 0) is 14.8 Å². The lowest BCUT2D eigenvalue weighted by Crippen LogP contribution is -2.53. The lowest BCUT2D eigenvalue weighted by molar-refractivity contribution is -0.133. The van der Waals surface area contributed by atoms with Crippen LogP contribution in [0.25, 0.3) is 0 Å². The van der Waals surface area contributed by atoms with Gasteiger partial charge < -0.3 is 10.2 Å². The standard InChI is InChI=1S/C21H30FN3O3S/c1-16(2)13-24-14-20(21(15-24)6-9-23-19(21)26)7-10-25(11-8-20)29(27,28)18-5-3-4-17(22)12-18/h3-5,12,16H,6-11,13-15H2,1-2H3,(H,23,26). The second kappa shape index (κ2) is 7.32. The van der Waals surface area contributed by atoms with Gasteiger partial charge in [-0.3, -0.25) is 4.79 Å². The molecule has 160 valence electrons. The summed E-state index contributed by atoms with van der Waals surface area (Å²) in [5, 5.41) is 3.03. The van der Waals surface area contributed by atoms with Crippen LogP contribution in [0, 0.1) is 22.6 Å². The first kappa shape index (κ1) is 20.8. The number of nitrogens with one attached hydrogen (secondary N) is 1. The van der Waals surface area contributed by atoms with Crippen molar-refractivity contribution in [2.75, 3.05) is 39.3 Å². The molecular weight excluding hydrogens is 393 g/mol. The maximum absolute atomic E-state index is 13.6. The molecule has 3 saturated heterocycles. The van der Waals surface area contributed by atoms with E-state index in [4.69, 9.17) is 0 Å². The fourth-order valence-corrected chi connectivity index (χ4v) is 7.20. The molecule has 2 spiro atoms. The summed E-state index contributed by atoms with van der Waals surface area (Å²) in [5.74, 6) is 0.0894. The van der Waals surface area contributed by atoms with E-state index in [9.17, 15) is 17.6 Å². The normalized spacial score (nSPS) is 27.9. The van der Waals surface area contributed by atoms with E-state index >= 15 is 0 Å². The Morgan fingerprint density at radius 2 is 1.90 bits per heavy atom. The van der Waals surface area contributed by atoms with Crippen LogP contribution in [-0.4, -0.2) is 62.8 Å². The number of piperidine rings is 1. The molecule has 4 rings (SSSR count). The van der Waals surface area contributed by atoms with Crippen LogP contribution in [0.4, 0.5) is 4.39 Å². The molecule has 0 radical (unpaired) electrons. The van der Waals surface area contributed by atoms with Crippen LogP contribution in [0.2, 0.25) is 0 Å². The summed E-state index contributed by atoms with van der Waals surface area (Å²) in [5.41, 5.74) is -0.618. The summed E-state index contributed by atoms with van der Waals surface area (Å²) in [6.45, 7) is 8.33. The van der Waals surface area contributed by atoms with Gasteiger partial charge in [0.2, 0.25) is 15.9 Å². The summed E-state index contributed by atoms with van der Waals surface area (Å²) < 4.78 is 41.0. The van der Waals surface area contributed by atoms with E-state index in [1.165, 1.54) is 22.5 Å². The van der Waals surface area contributed by atoms with Crippen LogP contribution >= 0.6 is 0 Å². The molecule has 1 unspecified atom stereocenters. The highest BCUT2D eigenvalue weighted by Crippen LogP contribution is 2.56. The van der Waals surface area contributed by atoms with E-state index < -0.39 is 21.3 Å². The average Bonchev–Trinajstić information content (AvgIpc) is 3.16. The zero-order valence-corrected chi connectivity index (χ0v) is 18.0. The van der Waals surface area contributed by atoms with Gasteiger partial charge in [-0.25, -0.2) is 12.8 Å². The number of rotatable bonds is 4. The van der Waals surface area contributed by atoms with Gasteiger partial charge in [0.25, 0.3) is 0 Å². The number of carbonyl (C=O) groups excluding carboxylic acids is 1. The van der Waals surface area contributed by atoms with Crippen LogP contribution in [0.15, 0.2) is 29.2 Å². The molecule has 1 aromatic rings. The fourth-order valence-electron chi connectivity index (χ4n) is 5.73. The van der Waals surface area contributed by atoms with Crippen molar-refractivity contribution in [3.63, 3.8) is 0 Å². The van der Waals surface area contributed by atoms with E-state index in [1.54, 1.807) is 0 Å². The highest BCUT2D eigenvalue weighted by molar-refractivity contribution is 7.89. The number of carbonyl (C=O) groups is 1. The highest BCUT2D eigenvalue weighted by atomic mass is 32.2. The highest BCUT2D eigenvalue weighted by Gasteiger charge is 2.63. The average molecular weight is 424 g/mol. The van der Waals surface area contributed by atoms with Crippen molar-refractivity contribution in [3.8, 4) is 0 Å². The van der Waals surface area contributed by atoms with Crippen molar-refractivity contribution in [1.82, 2.24) is 14.5 Å². The Kier molecular flexibility index (Phi) is 5.24. The smallest absolute Gasteiger partial charge is 0.243 e. The van der Waals surface area contributed by atoms with Crippen molar-refractivity contribution in [3.05, 3.63) is 30.1 Å². The Labute approximate surface area is 172 Å². The summed E-state index contributed by atoms with van der Waals surface area (Å²) >= 11 is 0. The molecule has 0 aliphatic carbocycles. The van der Waals surface area contributed by atoms with Gasteiger partial charge in [0.05, 0.1) is 10.3 Å². The molecule has 1 N–H and O–H groups in total. The van der Waals surface area contributed by atoms with Crippen molar-refractivity contribution in [2.24, 2.45) is 16.7 Å². The summed E-state index contributed by atoms with van der Waals surface area (Å²) in [7, 11) is -3.73. The van der Waals surface area contributed by atoms with Gasteiger partial charge in [-0.2, -0.15) is 4.31 Å². The molecule has 1 aromatic carbocycles. The van der Waals surface area contributed by atoms with Crippen molar-refractivity contribution < 1.29 is 17.6 Å². The first-order chi connectivity index (χ1) is 13.7. The Balaban J connectivity index is 1.57. The summed E-state index contributed by atoms with van der Waals surface area (Å²) in [6, 6.07) is 5.18. The van der Waals surface area contributed by atoms with Gasteiger partial charge in [-0.15, -0.1) is 0 Å². The SMILES string of the molecule is CC(C)CN1CC2(CCN(S(=O)(=O)c3cccc(F)c3)CC2)C2(CCNC2=O)C1. The van der Waals surface area contributed by atoms with Gasteiger partial charge in [-0.05, 0) is 43.4 Å². The molecular formula is C21H30FN3O3S. The molecule has 1 atom stereocenters. The van der Waals surface area contributed by atoms with E-state index in [-0.39, 0.29) is 16.2 Å². The topological polar surface area (TPSA) is 69.7 Å². The Morgan fingerprint density at radius 3 is 2.48 bits per heavy atom.